The third kappa shape index (κ3) is 8.91. The molecule has 0 aromatic rings. The SMILES string of the molecule is CC(C)[C@H]1CC[C@@]2(C(=O)O)CC[C@@]3(C)C(CCC4[C@]5(C)CC[C@@H](OC(=O)NCCOCCOCCNC(=O)O[C@@H]6CC[C@@]7(C)C(CC[C@]8(C)C7CCC7C9[C@H](C(C)C)CC[C@]9(C(=O)O)CC[C@]78C)C6(C)C)C(C)(C)C5CC[C@@]43C)C12. The molecule has 0 heterocycles. The number of carbonyl (C=O) groups is 4. The summed E-state index contributed by atoms with van der Waals surface area (Å²) in [6.07, 6.45) is 19.3. The largest absolute Gasteiger partial charge is 0.481 e. The minimum absolute atomic E-state index is 0.118. The number of hydrogen-bond donors (Lipinski definition) is 4. The number of alkyl carbamates (subject to hydrolysis) is 2. The van der Waals surface area contributed by atoms with Crippen molar-refractivity contribution >= 4 is 24.1 Å². The van der Waals surface area contributed by atoms with E-state index in [0.717, 1.165) is 116 Å². The first kappa shape index (κ1) is 60.5. The highest BCUT2D eigenvalue weighted by Gasteiger charge is 2.74. The van der Waals surface area contributed by atoms with Crippen molar-refractivity contribution in [1.29, 1.82) is 0 Å². The van der Waals surface area contributed by atoms with Gasteiger partial charge < -0.3 is 39.8 Å². The molecule has 4 N–H and O–H groups in total. The van der Waals surface area contributed by atoms with Crippen LogP contribution in [0.15, 0.2) is 0 Å². The molecule has 0 spiro atoms. The van der Waals surface area contributed by atoms with Crippen LogP contribution < -0.4 is 10.6 Å². The van der Waals surface area contributed by atoms with E-state index in [4.69, 9.17) is 18.9 Å². The maximum absolute atomic E-state index is 13.3. The summed E-state index contributed by atoms with van der Waals surface area (Å²) in [7, 11) is 0. The molecule has 0 aliphatic heterocycles. The number of nitrogens with one attached hydrogen (secondary N) is 2. The van der Waals surface area contributed by atoms with Crippen molar-refractivity contribution in [1.82, 2.24) is 10.6 Å². The first-order valence-electron chi connectivity index (χ1n) is 33.0. The van der Waals surface area contributed by atoms with Crippen LogP contribution in [-0.4, -0.2) is 86.1 Å². The van der Waals surface area contributed by atoms with E-state index in [9.17, 15) is 29.4 Å². The third-order valence-corrected chi connectivity index (χ3v) is 29.3. The Hall–Kier alpha value is -2.60. The van der Waals surface area contributed by atoms with Gasteiger partial charge in [0, 0.05) is 23.9 Å². The van der Waals surface area contributed by atoms with E-state index in [0.29, 0.717) is 98.7 Å². The molecule has 0 radical (unpaired) electrons. The van der Waals surface area contributed by atoms with Crippen LogP contribution >= 0.6 is 0 Å². The molecule has 12 nitrogen and oxygen atoms in total. The number of carbonyl (C=O) groups excluding carboxylic acids is 2. The van der Waals surface area contributed by atoms with Crippen molar-refractivity contribution in [2.75, 3.05) is 39.5 Å². The molecule has 12 heteroatoms. The molecular formula is C68H112N2O10. The molecular weight excluding hydrogens is 1000 g/mol. The van der Waals surface area contributed by atoms with E-state index in [1.165, 1.54) is 12.8 Å². The molecule has 0 aromatic carbocycles. The third-order valence-electron chi connectivity index (χ3n) is 29.3. The second-order valence-corrected chi connectivity index (χ2v) is 32.8. The normalized spacial score (nSPS) is 47.6. The van der Waals surface area contributed by atoms with Crippen molar-refractivity contribution in [2.24, 2.45) is 125 Å². The van der Waals surface area contributed by atoms with Crippen LogP contribution in [0.1, 0.15) is 225 Å². The van der Waals surface area contributed by atoms with E-state index in [1.807, 2.05) is 0 Å². The summed E-state index contributed by atoms with van der Waals surface area (Å²) in [6.45, 7) is 36.3. The lowest BCUT2D eigenvalue weighted by Gasteiger charge is -2.72. The summed E-state index contributed by atoms with van der Waals surface area (Å²) in [5.41, 5.74) is -0.676. The Bertz CT molecular complexity index is 2180. The lowest BCUT2D eigenvalue weighted by Crippen LogP contribution is -2.67. The lowest BCUT2D eigenvalue weighted by molar-refractivity contribution is -0.249. The highest BCUT2D eigenvalue weighted by molar-refractivity contribution is 5.77. The molecule has 10 aliphatic carbocycles. The Morgan fingerprint density at radius 2 is 0.800 bits per heavy atom. The number of hydrogen-bond acceptors (Lipinski definition) is 8. The van der Waals surface area contributed by atoms with Gasteiger partial charge >= 0.3 is 24.1 Å². The maximum atomic E-state index is 13.3. The zero-order valence-electron chi connectivity index (χ0n) is 52.6. The Morgan fingerprint density at radius 1 is 0.425 bits per heavy atom. The van der Waals surface area contributed by atoms with Crippen LogP contribution in [0, 0.1) is 125 Å². The molecule has 10 saturated carbocycles. The number of amides is 2. The minimum atomic E-state index is -0.550. The first-order valence-corrected chi connectivity index (χ1v) is 33.0. The topological polar surface area (TPSA) is 170 Å². The second-order valence-electron chi connectivity index (χ2n) is 32.8. The Labute approximate surface area is 483 Å². The standard InChI is InChI=1S/C68H112N2O10/c1-41(2)43-19-29-67(55(71)72)33-31-63(11)45(53(43)67)15-17-49-61(9)25-23-51(59(5,6)47(61)21-27-65(49,63)13)79-57(75)69-35-37-77-39-40-78-38-36-70-58(76)80-52-24-26-62(10)48(60(52,7)8)22-28-66(14)50(62)18-16-46-54-44(42(3)4)20-30-68(54,56(73)74)34-32-64(46,66)12/h41-54H,15-40H2,1-14H3,(H,69,75)(H,70,76)(H,71,72)(H,73,74)/t43-,44+,45?,46?,47?,48?,49?,50?,51-,52-,53?,54?,61-,62+,63+,64-,65+,66-,67-,68+/m1/s1. The highest BCUT2D eigenvalue weighted by Crippen LogP contribution is 2.80. The fourth-order valence-electron chi connectivity index (χ4n) is 25.0. The highest BCUT2D eigenvalue weighted by atomic mass is 16.6. The van der Waals surface area contributed by atoms with Crippen molar-refractivity contribution in [3.63, 3.8) is 0 Å². The van der Waals surface area contributed by atoms with Crippen LogP contribution in [0.5, 0.6) is 0 Å². The van der Waals surface area contributed by atoms with Gasteiger partial charge in [0.25, 0.3) is 0 Å². The number of rotatable bonds is 15. The molecule has 10 aliphatic rings. The average molecular weight is 1120 g/mol. The zero-order chi connectivity index (χ0) is 58.0. The molecule has 454 valence electrons. The molecule has 8 unspecified atom stereocenters. The van der Waals surface area contributed by atoms with Crippen molar-refractivity contribution in [3.05, 3.63) is 0 Å². The van der Waals surface area contributed by atoms with Gasteiger partial charge in [-0.1, -0.05) is 96.9 Å². The summed E-state index contributed by atoms with van der Waals surface area (Å²) in [5, 5.41) is 27.5. The Balaban J connectivity index is 0.630. The molecule has 2 amide bonds. The predicted octanol–water partition coefficient (Wildman–Crippen LogP) is 14.9. The van der Waals surface area contributed by atoms with E-state index in [1.54, 1.807) is 0 Å². The van der Waals surface area contributed by atoms with Crippen molar-refractivity contribution in [3.8, 4) is 0 Å². The van der Waals surface area contributed by atoms with Crippen LogP contribution in [-0.2, 0) is 28.5 Å². The molecule has 0 bridgehead atoms. The van der Waals surface area contributed by atoms with E-state index < -0.39 is 22.8 Å². The molecule has 0 saturated heterocycles. The van der Waals surface area contributed by atoms with Gasteiger partial charge in [-0.2, -0.15) is 0 Å². The quantitative estimate of drug-likeness (QED) is 0.116. The van der Waals surface area contributed by atoms with Gasteiger partial charge in [-0.25, -0.2) is 9.59 Å². The summed E-state index contributed by atoms with van der Waals surface area (Å²) in [4.78, 5) is 52.9. The van der Waals surface area contributed by atoms with E-state index >= 15 is 0 Å². The second kappa shape index (κ2) is 21.1. The van der Waals surface area contributed by atoms with Gasteiger partial charge in [-0.3, -0.25) is 9.59 Å². The van der Waals surface area contributed by atoms with Gasteiger partial charge in [0.05, 0.1) is 37.3 Å². The summed E-state index contributed by atoms with van der Waals surface area (Å²) >= 11 is 0. The number of carboxylic acids is 2. The van der Waals surface area contributed by atoms with Crippen LogP contribution in [0.25, 0.3) is 0 Å². The van der Waals surface area contributed by atoms with Gasteiger partial charge in [0.1, 0.15) is 12.2 Å². The minimum Gasteiger partial charge on any atom is -0.481 e. The molecule has 0 aromatic heterocycles. The van der Waals surface area contributed by atoms with Gasteiger partial charge in [-0.15, -0.1) is 0 Å². The number of carboxylic acid groups (broad SMARTS) is 2. The summed E-state index contributed by atoms with van der Waals surface area (Å²) in [5.74, 6) is 4.34. The molecule has 20 atom stereocenters. The molecule has 10 fully saturated rings. The number of aliphatic carboxylic acids is 2. The number of fused-ring (bicyclic) bond motifs is 14. The monoisotopic (exact) mass is 1120 g/mol. The van der Waals surface area contributed by atoms with Gasteiger partial charge in [0.2, 0.25) is 0 Å². The Kier molecular flexibility index (Phi) is 16.0. The van der Waals surface area contributed by atoms with Crippen LogP contribution in [0.2, 0.25) is 0 Å². The smallest absolute Gasteiger partial charge is 0.407 e. The molecule has 80 heavy (non-hydrogen) atoms. The van der Waals surface area contributed by atoms with Crippen molar-refractivity contribution < 1.29 is 48.3 Å². The Morgan fingerprint density at radius 3 is 1.15 bits per heavy atom. The summed E-state index contributed by atoms with van der Waals surface area (Å²) in [6, 6.07) is 0. The zero-order valence-corrected chi connectivity index (χ0v) is 52.6. The fraction of sp³-hybridized carbons (Fsp3) is 0.941. The van der Waals surface area contributed by atoms with Gasteiger partial charge in [0.15, 0.2) is 0 Å². The van der Waals surface area contributed by atoms with Crippen molar-refractivity contribution in [2.45, 2.75) is 238 Å². The first-order chi connectivity index (χ1) is 37.5. The maximum Gasteiger partial charge on any atom is 0.407 e. The van der Waals surface area contributed by atoms with Crippen LogP contribution in [0.4, 0.5) is 9.59 Å². The number of ether oxygens (including phenoxy) is 4. The molecule has 10 rings (SSSR count). The lowest BCUT2D eigenvalue weighted by atomic mass is 9.32. The predicted molar refractivity (Wildman–Crippen MR) is 311 cm³/mol. The summed E-state index contributed by atoms with van der Waals surface area (Å²) < 4.78 is 24.2. The van der Waals surface area contributed by atoms with E-state index in [2.05, 4.69) is 108 Å². The van der Waals surface area contributed by atoms with E-state index in [-0.39, 0.29) is 79.6 Å². The van der Waals surface area contributed by atoms with Crippen LogP contribution in [0.3, 0.4) is 0 Å². The van der Waals surface area contributed by atoms with Gasteiger partial charge in [-0.05, 0) is 232 Å². The average Bonchev–Trinajstić information content (AvgIpc) is 4.02. The fourth-order valence-corrected chi connectivity index (χ4v) is 25.0.